The molecule has 26 heavy (non-hydrogen) atoms. The van der Waals surface area contributed by atoms with Crippen molar-refractivity contribution in [3.63, 3.8) is 0 Å². The largest absolute Gasteiger partial charge is 0.469 e. The Morgan fingerprint density at radius 3 is 2.73 bits per heavy atom. The number of unbranched alkanes of at least 4 members (excludes halogenated alkanes) is 1. The Hall–Kier alpha value is -1.95. The highest BCUT2D eigenvalue weighted by molar-refractivity contribution is 5.85. The summed E-state index contributed by atoms with van der Waals surface area (Å²) in [6, 6.07) is 5.73. The molecule has 0 aromatic heterocycles. The van der Waals surface area contributed by atoms with Crippen molar-refractivity contribution in [3.8, 4) is 5.75 Å². The molecule has 1 atom stereocenters. The van der Waals surface area contributed by atoms with Gasteiger partial charge in [0.05, 0.1) is 7.11 Å². The normalized spacial score (nSPS) is 15.1. The van der Waals surface area contributed by atoms with Crippen molar-refractivity contribution in [1.82, 2.24) is 4.90 Å². The van der Waals surface area contributed by atoms with Crippen molar-refractivity contribution in [2.45, 2.75) is 38.5 Å². The van der Waals surface area contributed by atoms with Gasteiger partial charge in [-0.1, -0.05) is 19.4 Å². The van der Waals surface area contributed by atoms with Gasteiger partial charge in [0.15, 0.2) is 0 Å². The zero-order valence-electron chi connectivity index (χ0n) is 16.0. The minimum absolute atomic E-state index is 0. The van der Waals surface area contributed by atoms with Crippen LogP contribution in [0, 0.1) is 0 Å². The van der Waals surface area contributed by atoms with Gasteiger partial charge in [-0.15, -0.1) is 12.4 Å². The summed E-state index contributed by atoms with van der Waals surface area (Å²) in [6.07, 6.45) is 2.82. The van der Waals surface area contributed by atoms with Crippen molar-refractivity contribution in [3.05, 3.63) is 23.8 Å². The SMILES string of the molecule is CCCCN(C)C(=O)Oc1ccc2c(c1)N(C)CC2CCC(=O)OC.Cl. The number of rotatable bonds is 7. The quantitative estimate of drug-likeness (QED) is 0.669. The highest BCUT2D eigenvalue weighted by Crippen LogP contribution is 2.40. The molecule has 0 N–H and O–H groups in total. The van der Waals surface area contributed by atoms with Crippen molar-refractivity contribution in [1.29, 1.82) is 0 Å². The lowest BCUT2D eigenvalue weighted by Crippen LogP contribution is -2.30. The van der Waals surface area contributed by atoms with Crippen LogP contribution in [0.2, 0.25) is 0 Å². The van der Waals surface area contributed by atoms with E-state index in [-0.39, 0.29) is 30.4 Å². The van der Waals surface area contributed by atoms with Gasteiger partial charge in [0.2, 0.25) is 0 Å². The van der Waals surface area contributed by atoms with E-state index in [2.05, 4.69) is 11.8 Å². The summed E-state index contributed by atoms with van der Waals surface area (Å²) in [5, 5.41) is 0. The van der Waals surface area contributed by atoms with Crippen LogP contribution in [0.4, 0.5) is 10.5 Å². The Morgan fingerprint density at radius 2 is 2.08 bits per heavy atom. The topological polar surface area (TPSA) is 59.1 Å². The van der Waals surface area contributed by atoms with E-state index in [1.165, 1.54) is 12.7 Å². The molecule has 0 saturated carbocycles. The van der Waals surface area contributed by atoms with E-state index in [9.17, 15) is 9.59 Å². The summed E-state index contributed by atoms with van der Waals surface area (Å²) in [4.78, 5) is 27.2. The summed E-state index contributed by atoms with van der Waals surface area (Å²) in [6.45, 7) is 3.63. The van der Waals surface area contributed by atoms with Gasteiger partial charge in [-0.2, -0.15) is 0 Å². The second kappa shape index (κ2) is 10.3. The van der Waals surface area contributed by atoms with Crippen LogP contribution in [-0.2, 0) is 9.53 Å². The molecule has 0 bridgehead atoms. The second-order valence-electron chi connectivity index (χ2n) is 6.56. The first kappa shape index (κ1) is 22.1. The van der Waals surface area contributed by atoms with Crippen LogP contribution in [0.3, 0.4) is 0 Å². The number of ether oxygens (including phenoxy) is 2. The molecule has 1 unspecified atom stereocenters. The summed E-state index contributed by atoms with van der Waals surface area (Å²) < 4.78 is 10.2. The Morgan fingerprint density at radius 1 is 1.35 bits per heavy atom. The van der Waals surface area contributed by atoms with Gasteiger partial charge >= 0.3 is 12.1 Å². The predicted octanol–water partition coefficient (Wildman–Crippen LogP) is 3.83. The predicted molar refractivity (Wildman–Crippen MR) is 105 cm³/mol. The third-order valence-corrected chi connectivity index (χ3v) is 4.64. The van der Waals surface area contributed by atoms with Crippen molar-refractivity contribution in [2.24, 2.45) is 0 Å². The molecule has 1 aromatic carbocycles. The number of nitrogens with zero attached hydrogens (tertiary/aromatic N) is 2. The summed E-state index contributed by atoms with van der Waals surface area (Å²) in [5.41, 5.74) is 2.24. The van der Waals surface area contributed by atoms with E-state index in [1.54, 1.807) is 11.9 Å². The van der Waals surface area contributed by atoms with Gasteiger partial charge in [-0.25, -0.2) is 4.79 Å². The number of fused-ring (bicyclic) bond motifs is 1. The van der Waals surface area contributed by atoms with Gasteiger partial charge in [0, 0.05) is 51.3 Å². The van der Waals surface area contributed by atoms with Gasteiger partial charge < -0.3 is 19.3 Å². The number of anilines is 1. The van der Waals surface area contributed by atoms with E-state index in [0.717, 1.165) is 31.5 Å². The molecule has 1 heterocycles. The molecular weight excluding hydrogens is 356 g/mol. The molecule has 1 aromatic rings. The van der Waals surface area contributed by atoms with E-state index in [0.29, 0.717) is 18.7 Å². The molecule has 0 fully saturated rings. The molecule has 1 aliphatic rings. The number of hydrogen-bond donors (Lipinski definition) is 0. The van der Waals surface area contributed by atoms with Crippen LogP contribution in [0.1, 0.15) is 44.1 Å². The van der Waals surface area contributed by atoms with E-state index in [4.69, 9.17) is 9.47 Å². The Kier molecular flexibility index (Phi) is 8.72. The minimum Gasteiger partial charge on any atom is -0.469 e. The van der Waals surface area contributed by atoms with Crippen LogP contribution in [0.25, 0.3) is 0 Å². The smallest absolute Gasteiger partial charge is 0.414 e. The number of methoxy groups -OCH3 is 1. The van der Waals surface area contributed by atoms with Crippen LogP contribution >= 0.6 is 12.4 Å². The van der Waals surface area contributed by atoms with Crippen molar-refractivity contribution < 1.29 is 19.1 Å². The third-order valence-electron chi connectivity index (χ3n) is 4.64. The first-order valence-corrected chi connectivity index (χ1v) is 8.81. The Balaban J connectivity index is 0.00000338. The molecule has 1 amide bonds. The zero-order chi connectivity index (χ0) is 18.4. The molecule has 0 aliphatic carbocycles. The minimum atomic E-state index is -0.337. The van der Waals surface area contributed by atoms with E-state index < -0.39 is 0 Å². The second-order valence-corrected chi connectivity index (χ2v) is 6.56. The van der Waals surface area contributed by atoms with Gasteiger partial charge in [0.1, 0.15) is 5.75 Å². The molecule has 0 radical (unpaired) electrons. The lowest BCUT2D eigenvalue weighted by molar-refractivity contribution is -0.140. The monoisotopic (exact) mass is 384 g/mol. The van der Waals surface area contributed by atoms with Gasteiger partial charge in [-0.3, -0.25) is 4.79 Å². The number of likely N-dealkylation sites (N-methyl/N-ethyl adjacent to an activating group) is 1. The molecule has 0 saturated heterocycles. The van der Waals surface area contributed by atoms with Crippen LogP contribution in [-0.4, -0.2) is 51.3 Å². The Bertz CT molecular complexity index is 624. The van der Waals surface area contributed by atoms with Gasteiger partial charge in [0.25, 0.3) is 0 Å². The molecular formula is C19H29ClN2O4. The average Bonchev–Trinajstić information content (AvgIpc) is 2.93. The lowest BCUT2D eigenvalue weighted by Gasteiger charge is -2.17. The number of hydrogen-bond acceptors (Lipinski definition) is 5. The number of amides is 1. The Labute approximate surface area is 161 Å². The number of halogens is 1. The highest BCUT2D eigenvalue weighted by Gasteiger charge is 2.27. The fourth-order valence-corrected chi connectivity index (χ4v) is 3.10. The molecule has 0 spiro atoms. The summed E-state index contributed by atoms with van der Waals surface area (Å²) in [5.74, 6) is 0.653. The third kappa shape index (κ3) is 5.53. The first-order chi connectivity index (χ1) is 12.0. The first-order valence-electron chi connectivity index (χ1n) is 8.81. The van der Waals surface area contributed by atoms with Crippen LogP contribution < -0.4 is 9.64 Å². The number of carbonyl (C=O) groups is 2. The van der Waals surface area contributed by atoms with Crippen LogP contribution in [0.15, 0.2) is 18.2 Å². The van der Waals surface area contributed by atoms with Crippen molar-refractivity contribution in [2.75, 3.05) is 39.2 Å². The summed E-state index contributed by atoms with van der Waals surface area (Å²) >= 11 is 0. The fraction of sp³-hybridized carbons (Fsp3) is 0.579. The molecule has 146 valence electrons. The van der Waals surface area contributed by atoms with E-state index in [1.807, 2.05) is 25.2 Å². The molecule has 1 aliphatic heterocycles. The maximum Gasteiger partial charge on any atom is 0.414 e. The molecule has 6 nitrogen and oxygen atoms in total. The maximum absolute atomic E-state index is 12.1. The number of benzene rings is 1. The van der Waals surface area contributed by atoms with Crippen LogP contribution in [0.5, 0.6) is 5.75 Å². The van der Waals surface area contributed by atoms with E-state index >= 15 is 0 Å². The summed E-state index contributed by atoms with van der Waals surface area (Å²) in [7, 11) is 5.17. The molecule has 7 heteroatoms. The number of carbonyl (C=O) groups excluding carboxylic acids is 2. The highest BCUT2D eigenvalue weighted by atomic mass is 35.5. The molecule has 2 rings (SSSR count). The van der Waals surface area contributed by atoms with Gasteiger partial charge in [-0.05, 0) is 24.5 Å². The fourth-order valence-electron chi connectivity index (χ4n) is 3.10. The maximum atomic E-state index is 12.1. The zero-order valence-corrected chi connectivity index (χ0v) is 16.8. The standard InChI is InChI=1S/C19H28N2O4.ClH/c1-5-6-11-20(2)19(23)25-15-8-9-16-14(7-10-18(22)24-4)13-21(3)17(16)12-15;/h8-9,12,14H,5-7,10-11,13H2,1-4H3;1H. The lowest BCUT2D eigenvalue weighted by atomic mass is 9.96. The van der Waals surface area contributed by atoms with Crippen molar-refractivity contribution >= 4 is 30.2 Å². The average molecular weight is 385 g/mol. The number of esters is 1.